The van der Waals surface area contributed by atoms with E-state index in [1.54, 1.807) is 19.9 Å². The van der Waals surface area contributed by atoms with Gasteiger partial charge in [-0.15, -0.1) is 0 Å². The highest BCUT2D eigenvalue weighted by Gasteiger charge is 2.44. The van der Waals surface area contributed by atoms with Crippen LogP contribution >= 0.6 is 0 Å². The van der Waals surface area contributed by atoms with Crippen molar-refractivity contribution in [1.29, 1.82) is 0 Å². The van der Waals surface area contributed by atoms with Crippen LogP contribution in [0.25, 0.3) is 0 Å². The van der Waals surface area contributed by atoms with Crippen molar-refractivity contribution in [3.8, 4) is 5.75 Å². The average Bonchev–Trinajstić information content (AvgIpc) is 2.79. The first kappa shape index (κ1) is 26.1. The Labute approximate surface area is 196 Å². The van der Waals surface area contributed by atoms with E-state index in [0.29, 0.717) is 68.6 Å². The monoisotopic (exact) mass is 468 g/mol. The molecule has 3 nitrogen and oxygen atoms in total. The van der Waals surface area contributed by atoms with Crippen LogP contribution in [0.2, 0.25) is 0 Å². The Morgan fingerprint density at radius 2 is 1.64 bits per heavy atom. The molecule has 0 atom stereocenters. The number of rotatable bonds is 10. The maximum Gasteiger partial charge on any atom is 0.358 e. The first-order chi connectivity index (χ1) is 15.7. The van der Waals surface area contributed by atoms with Gasteiger partial charge in [0, 0.05) is 12.0 Å². The van der Waals surface area contributed by atoms with E-state index in [2.05, 4.69) is 6.92 Å². The number of Topliss-reactive ketones (excluding diaryl/α,β-unsaturated/α-hetero) is 1. The molecule has 0 radical (unpaired) electrons. The summed E-state index contributed by atoms with van der Waals surface area (Å²) in [6, 6.07) is 3.12. The van der Waals surface area contributed by atoms with Gasteiger partial charge in [-0.3, -0.25) is 4.79 Å². The van der Waals surface area contributed by atoms with E-state index in [1.807, 2.05) is 0 Å². The maximum absolute atomic E-state index is 14.8. The minimum atomic E-state index is -3.07. The molecule has 0 bridgehead atoms. The van der Waals surface area contributed by atoms with Crippen molar-refractivity contribution < 1.29 is 27.4 Å². The lowest BCUT2D eigenvalue weighted by atomic mass is 9.79. The van der Waals surface area contributed by atoms with Gasteiger partial charge < -0.3 is 9.47 Å². The Balaban J connectivity index is 1.47. The summed E-state index contributed by atoms with van der Waals surface area (Å²) in [5, 5.41) is 0. The van der Waals surface area contributed by atoms with Gasteiger partial charge in [-0.25, -0.2) is 4.39 Å². The van der Waals surface area contributed by atoms with Crippen molar-refractivity contribution in [2.24, 2.45) is 17.8 Å². The molecule has 0 aromatic heterocycles. The van der Waals surface area contributed by atoms with Crippen molar-refractivity contribution in [2.75, 3.05) is 6.61 Å². The quantitative estimate of drug-likeness (QED) is 0.328. The molecule has 6 heteroatoms. The van der Waals surface area contributed by atoms with Crippen LogP contribution in [0.5, 0.6) is 5.75 Å². The largest absolute Gasteiger partial charge is 0.491 e. The number of hydrogen-bond acceptors (Lipinski definition) is 3. The second-order valence-electron chi connectivity index (χ2n) is 9.94. The summed E-state index contributed by atoms with van der Waals surface area (Å²) in [6.45, 7) is 5.87. The molecule has 0 N–H and O–H groups in total. The van der Waals surface area contributed by atoms with Crippen molar-refractivity contribution in [1.82, 2.24) is 0 Å². The molecule has 2 saturated carbocycles. The number of halogens is 3. The van der Waals surface area contributed by atoms with Gasteiger partial charge >= 0.3 is 6.11 Å². The second kappa shape index (κ2) is 11.7. The third-order valence-corrected chi connectivity index (χ3v) is 7.56. The molecule has 2 aliphatic carbocycles. The van der Waals surface area contributed by atoms with Gasteiger partial charge in [0.15, 0.2) is 17.3 Å². The predicted octanol–water partition coefficient (Wildman–Crippen LogP) is 7.88. The summed E-state index contributed by atoms with van der Waals surface area (Å²) in [5.41, 5.74) is 0.677. The van der Waals surface area contributed by atoms with Crippen molar-refractivity contribution in [2.45, 2.75) is 104 Å². The standard InChI is InChI=1S/C27H39F3O3/c1-4-6-19-7-11-21(12-8-19)27(29,30)33-22-13-9-20(10-14-22)17-24(31)23-15-16-25(32-5-2)26(28)18(23)3/h15-16,19-22H,4-14,17H2,1-3H3. The Kier molecular flexibility index (Phi) is 9.25. The van der Waals surface area contributed by atoms with E-state index >= 15 is 0 Å². The van der Waals surface area contributed by atoms with Gasteiger partial charge in [0.05, 0.1) is 18.6 Å². The lowest BCUT2D eigenvalue weighted by Gasteiger charge is -2.37. The van der Waals surface area contributed by atoms with Crippen LogP contribution in [0.3, 0.4) is 0 Å². The zero-order valence-electron chi connectivity index (χ0n) is 20.3. The van der Waals surface area contributed by atoms with Gasteiger partial charge in [-0.1, -0.05) is 19.8 Å². The van der Waals surface area contributed by atoms with E-state index in [0.717, 1.165) is 25.7 Å². The molecule has 2 fully saturated rings. The topological polar surface area (TPSA) is 35.5 Å². The summed E-state index contributed by atoms with van der Waals surface area (Å²) in [7, 11) is 0. The van der Waals surface area contributed by atoms with Crippen LogP contribution in [0.4, 0.5) is 13.2 Å². The number of ether oxygens (including phenoxy) is 2. The lowest BCUT2D eigenvalue weighted by molar-refractivity contribution is -0.301. The fourth-order valence-corrected chi connectivity index (χ4v) is 5.57. The SMILES string of the molecule is CCCC1CCC(C(F)(F)OC2CCC(CC(=O)c3ccc(OCC)c(F)c3C)CC2)CC1. The fourth-order valence-electron chi connectivity index (χ4n) is 5.57. The van der Waals surface area contributed by atoms with E-state index in [1.165, 1.54) is 6.07 Å². The molecule has 33 heavy (non-hydrogen) atoms. The number of hydrogen-bond donors (Lipinski definition) is 0. The molecule has 3 rings (SSSR count). The van der Waals surface area contributed by atoms with Crippen LogP contribution < -0.4 is 4.74 Å². The number of ketones is 1. The molecule has 0 aliphatic heterocycles. The average molecular weight is 469 g/mol. The van der Waals surface area contributed by atoms with Gasteiger partial charge in [-0.2, -0.15) is 8.78 Å². The number of alkyl halides is 2. The van der Waals surface area contributed by atoms with Gasteiger partial charge in [0.2, 0.25) is 0 Å². The predicted molar refractivity (Wildman–Crippen MR) is 123 cm³/mol. The molecule has 1 aromatic carbocycles. The van der Waals surface area contributed by atoms with E-state index in [9.17, 15) is 18.0 Å². The Hall–Kier alpha value is -1.56. The molecule has 1 aromatic rings. The zero-order valence-corrected chi connectivity index (χ0v) is 20.3. The van der Waals surface area contributed by atoms with Gasteiger partial charge in [0.25, 0.3) is 0 Å². The highest BCUT2D eigenvalue weighted by Crippen LogP contribution is 2.43. The van der Waals surface area contributed by atoms with Crippen LogP contribution in [0, 0.1) is 30.5 Å². The van der Waals surface area contributed by atoms with Gasteiger partial charge in [0.1, 0.15) is 0 Å². The second-order valence-corrected chi connectivity index (χ2v) is 9.94. The maximum atomic E-state index is 14.8. The van der Waals surface area contributed by atoms with Gasteiger partial charge in [-0.05, 0) is 94.7 Å². The van der Waals surface area contributed by atoms with Crippen molar-refractivity contribution >= 4 is 5.78 Å². The Morgan fingerprint density at radius 1 is 1.00 bits per heavy atom. The first-order valence-electron chi connectivity index (χ1n) is 12.8. The molecule has 0 saturated heterocycles. The first-order valence-corrected chi connectivity index (χ1v) is 12.8. The Morgan fingerprint density at radius 3 is 2.24 bits per heavy atom. The molecule has 186 valence electrons. The van der Waals surface area contributed by atoms with Crippen LogP contribution in [0.15, 0.2) is 12.1 Å². The molecule has 0 spiro atoms. The lowest BCUT2D eigenvalue weighted by Crippen LogP contribution is -2.39. The van der Waals surface area contributed by atoms with E-state index in [-0.39, 0.29) is 17.5 Å². The molecule has 0 amide bonds. The molecular formula is C27H39F3O3. The van der Waals surface area contributed by atoms with Crippen molar-refractivity contribution in [3.05, 3.63) is 29.1 Å². The number of benzene rings is 1. The van der Waals surface area contributed by atoms with E-state index < -0.39 is 23.9 Å². The third-order valence-electron chi connectivity index (χ3n) is 7.56. The fraction of sp³-hybridized carbons (Fsp3) is 0.741. The highest BCUT2D eigenvalue weighted by atomic mass is 19.3. The number of carbonyl (C=O) groups is 1. The normalized spacial score (nSPS) is 26.2. The van der Waals surface area contributed by atoms with Crippen molar-refractivity contribution in [3.63, 3.8) is 0 Å². The van der Waals surface area contributed by atoms with E-state index in [4.69, 9.17) is 9.47 Å². The van der Waals surface area contributed by atoms with Crippen LogP contribution in [-0.4, -0.2) is 24.6 Å². The summed E-state index contributed by atoms with van der Waals surface area (Å²) in [4.78, 5) is 12.8. The van der Waals surface area contributed by atoms with Crippen LogP contribution in [-0.2, 0) is 4.74 Å². The smallest absolute Gasteiger partial charge is 0.358 e. The minimum Gasteiger partial charge on any atom is -0.491 e. The highest BCUT2D eigenvalue weighted by molar-refractivity contribution is 5.97. The molecular weight excluding hydrogens is 429 g/mol. The summed E-state index contributed by atoms with van der Waals surface area (Å²) in [6.07, 6.45) is 4.28. The summed E-state index contributed by atoms with van der Waals surface area (Å²) in [5.74, 6) is -0.419. The molecule has 0 heterocycles. The third kappa shape index (κ3) is 6.74. The van der Waals surface area contributed by atoms with Crippen LogP contribution in [0.1, 0.15) is 100 Å². The Bertz CT molecular complexity index is 779. The molecule has 0 unspecified atom stereocenters. The molecule has 2 aliphatic rings. The summed E-state index contributed by atoms with van der Waals surface area (Å²) >= 11 is 0. The minimum absolute atomic E-state index is 0.104. The number of carbonyl (C=O) groups excluding carboxylic acids is 1. The summed E-state index contributed by atoms with van der Waals surface area (Å²) < 4.78 is 54.6. The zero-order chi connectivity index (χ0) is 24.0.